The number of nitrogens with one attached hydrogen (secondary N) is 10. The van der Waals surface area contributed by atoms with Crippen molar-refractivity contribution in [3.8, 4) is 5.75 Å². The van der Waals surface area contributed by atoms with E-state index in [0.717, 1.165) is 6.42 Å². The molecular weight excluding hydrogens is 875 g/mol. The minimum Gasteiger partial charge on any atom is -0.497 e. The number of methoxy groups -OCH3 is 1. The van der Waals surface area contributed by atoms with Crippen molar-refractivity contribution in [2.75, 3.05) is 72.6 Å². The molecule has 4 aliphatic rings. The Morgan fingerprint density at radius 2 is 0.985 bits per heavy atom. The van der Waals surface area contributed by atoms with Crippen LogP contribution in [0.4, 0.5) is 0 Å². The average Bonchev–Trinajstić information content (AvgIpc) is 4.14. The molecule has 12 N–H and O–H groups in total. The van der Waals surface area contributed by atoms with E-state index >= 15 is 0 Å². The molecule has 11 unspecified atom stereocenters. The molecule has 0 spiro atoms. The van der Waals surface area contributed by atoms with Gasteiger partial charge in [-0.25, -0.2) is 0 Å². The average molecular weight is 952 g/mol. The fraction of sp³-hybridized carbons (Fsp3) is 0.708. The number of rotatable bonds is 24. The van der Waals surface area contributed by atoms with Gasteiger partial charge in [0.05, 0.1) is 73.2 Å². The quantitative estimate of drug-likeness (QED) is 0.0522. The molecule has 3 heterocycles. The van der Waals surface area contributed by atoms with Crippen LogP contribution in [-0.4, -0.2) is 144 Å². The van der Waals surface area contributed by atoms with E-state index in [0.29, 0.717) is 63.4 Å². The van der Waals surface area contributed by atoms with Crippen LogP contribution >= 0.6 is 0 Å². The maximum absolute atomic E-state index is 13.8. The van der Waals surface area contributed by atoms with Gasteiger partial charge in [0.2, 0.25) is 41.4 Å². The first-order valence-electron chi connectivity index (χ1n) is 24.5. The monoisotopic (exact) mass is 952 g/mol. The van der Waals surface area contributed by atoms with Crippen LogP contribution < -0.4 is 63.6 Å². The number of hydrogen-bond donors (Lipinski definition) is 11. The van der Waals surface area contributed by atoms with Crippen LogP contribution in [0.2, 0.25) is 0 Å². The summed E-state index contributed by atoms with van der Waals surface area (Å²) in [4.78, 5) is 106. The van der Waals surface area contributed by atoms with Crippen molar-refractivity contribution in [2.45, 2.75) is 85.0 Å². The Labute approximate surface area is 400 Å². The number of nitrogens with two attached hydrogens (primary N) is 1. The first-order valence-corrected chi connectivity index (χ1v) is 24.5. The van der Waals surface area contributed by atoms with Crippen LogP contribution in [-0.2, 0) is 33.6 Å². The molecule has 20 nitrogen and oxygen atoms in total. The summed E-state index contributed by atoms with van der Waals surface area (Å²) in [6, 6.07) is 5.02. The number of hydrogen-bond acceptors (Lipinski definition) is 13. The molecule has 11 atom stereocenters. The Hall–Kier alpha value is -5.18. The predicted molar refractivity (Wildman–Crippen MR) is 255 cm³/mol. The molecule has 3 saturated heterocycles. The topological polar surface area (TPSA) is 292 Å². The molecule has 1 aromatic rings. The van der Waals surface area contributed by atoms with Gasteiger partial charge in [-0.1, -0.05) is 48.0 Å². The molecule has 68 heavy (non-hydrogen) atoms. The summed E-state index contributed by atoms with van der Waals surface area (Å²) >= 11 is 0. The van der Waals surface area contributed by atoms with Crippen molar-refractivity contribution in [1.82, 2.24) is 53.2 Å². The fourth-order valence-corrected chi connectivity index (χ4v) is 9.75. The summed E-state index contributed by atoms with van der Waals surface area (Å²) < 4.78 is 5.17. The number of benzene rings is 1. The Balaban J connectivity index is 1.08. The minimum absolute atomic E-state index is 0.0480. The number of ketones is 1. The summed E-state index contributed by atoms with van der Waals surface area (Å²) in [6.45, 7) is 14.0. The Morgan fingerprint density at radius 1 is 0.559 bits per heavy atom. The zero-order valence-electron chi connectivity index (χ0n) is 40.8. The van der Waals surface area contributed by atoms with E-state index in [2.05, 4.69) is 53.2 Å². The third-order valence-electron chi connectivity index (χ3n) is 14.3. The van der Waals surface area contributed by atoms with Gasteiger partial charge in [0.15, 0.2) is 5.78 Å². The number of Topliss-reactive ketones (excluding diaryl/α,β-unsaturated/α-hetero) is 1. The molecule has 5 rings (SSSR count). The van der Waals surface area contributed by atoms with E-state index in [-0.39, 0.29) is 91.2 Å². The molecule has 0 radical (unpaired) electrons. The van der Waals surface area contributed by atoms with E-state index in [1.807, 2.05) is 41.5 Å². The lowest BCUT2D eigenvalue weighted by atomic mass is 9.92. The molecule has 4 fully saturated rings. The first-order chi connectivity index (χ1) is 32.4. The molecule has 1 aliphatic carbocycles. The van der Waals surface area contributed by atoms with Crippen molar-refractivity contribution in [2.24, 2.45) is 64.9 Å². The van der Waals surface area contributed by atoms with E-state index < -0.39 is 65.5 Å². The lowest BCUT2D eigenvalue weighted by Crippen LogP contribution is -2.53. The zero-order chi connectivity index (χ0) is 49.7. The van der Waals surface area contributed by atoms with Gasteiger partial charge in [0.25, 0.3) is 0 Å². The second-order valence-corrected chi connectivity index (χ2v) is 20.0. The van der Waals surface area contributed by atoms with Crippen molar-refractivity contribution in [3.63, 3.8) is 0 Å². The standard InChI is InChI=1S/C48H77N11O9/c1-25(2)31(15-53-24-41(60)28-11-13-29(68-7)14-12-28)45(64)57-38-21-50-16-34(38)43(62)54-19-32(26(3)4)46(65)58-39-22-51-17-35(39)44(63)55-20-33(27(5)6)47(66)59-40-23-52-18-36(40)48(67)56-37-10-8-9-30(37)42(49)61/h11-14,25-27,30-40,50-53H,8-10,15-24H2,1-7H3,(H2,49,61)(H,54,62)(H,55,63)(H,56,67)(H,57,64)(H,58,65)(H,59,66). The lowest BCUT2D eigenvalue weighted by molar-refractivity contribution is -0.131. The Kier molecular flexibility index (Phi) is 20.1. The summed E-state index contributed by atoms with van der Waals surface area (Å²) in [5.41, 5.74) is 6.09. The third-order valence-corrected chi connectivity index (χ3v) is 14.3. The molecule has 3 aliphatic heterocycles. The number of amides is 7. The maximum Gasteiger partial charge on any atom is 0.226 e. The van der Waals surface area contributed by atoms with Crippen LogP contribution in [0.5, 0.6) is 5.75 Å². The van der Waals surface area contributed by atoms with E-state index in [1.165, 1.54) is 0 Å². The molecular formula is C48H77N11O9. The number of primary amides is 1. The van der Waals surface area contributed by atoms with E-state index in [1.54, 1.807) is 31.4 Å². The number of carbonyl (C=O) groups excluding carboxylic acids is 8. The van der Waals surface area contributed by atoms with Crippen molar-refractivity contribution >= 4 is 47.1 Å². The van der Waals surface area contributed by atoms with Crippen LogP contribution in [0, 0.1) is 59.2 Å². The summed E-state index contributed by atoms with van der Waals surface area (Å²) in [5.74, 6) is -5.71. The largest absolute Gasteiger partial charge is 0.497 e. The van der Waals surface area contributed by atoms with Crippen molar-refractivity contribution < 1.29 is 43.1 Å². The van der Waals surface area contributed by atoms with Gasteiger partial charge in [-0.2, -0.15) is 0 Å². The highest BCUT2D eigenvalue weighted by atomic mass is 16.5. The Morgan fingerprint density at radius 3 is 1.40 bits per heavy atom. The van der Waals surface area contributed by atoms with Gasteiger partial charge < -0.3 is 63.6 Å². The van der Waals surface area contributed by atoms with Gasteiger partial charge in [0.1, 0.15) is 5.75 Å². The number of ether oxygens (including phenoxy) is 1. The lowest BCUT2D eigenvalue weighted by Gasteiger charge is -2.28. The number of carbonyl (C=O) groups is 8. The van der Waals surface area contributed by atoms with E-state index in [9.17, 15) is 38.4 Å². The molecule has 7 amide bonds. The maximum atomic E-state index is 13.8. The first kappa shape index (κ1) is 53.8. The van der Waals surface area contributed by atoms with Crippen LogP contribution in [0.15, 0.2) is 24.3 Å². The normalized spacial score (nSPS) is 25.9. The fourth-order valence-electron chi connectivity index (χ4n) is 9.75. The Bertz CT molecular complexity index is 1930. The second-order valence-electron chi connectivity index (χ2n) is 20.0. The van der Waals surface area contributed by atoms with Gasteiger partial charge in [0, 0.05) is 70.5 Å². The summed E-state index contributed by atoms with van der Waals surface area (Å²) in [5, 5.41) is 30.7. The zero-order valence-corrected chi connectivity index (χ0v) is 40.8. The van der Waals surface area contributed by atoms with E-state index in [4.69, 9.17) is 10.5 Å². The van der Waals surface area contributed by atoms with Gasteiger partial charge in [-0.15, -0.1) is 0 Å². The molecule has 1 saturated carbocycles. The van der Waals surface area contributed by atoms with Gasteiger partial charge >= 0.3 is 0 Å². The second kappa shape index (κ2) is 25.4. The SMILES string of the molecule is COc1ccc(C(=O)CNCC(C(=O)NC2CNCC2C(=O)NCC(C(=O)NC2CNCC2C(=O)NCC(C(=O)NC2CNCC2C(=O)NC2CCCC2C(N)=O)C(C)C)C(C)C)C(C)C)cc1. The van der Waals surface area contributed by atoms with Crippen molar-refractivity contribution in [3.05, 3.63) is 29.8 Å². The third kappa shape index (κ3) is 14.4. The molecule has 20 heteroatoms. The highest BCUT2D eigenvalue weighted by Gasteiger charge is 2.41. The van der Waals surface area contributed by atoms with Gasteiger partial charge in [-0.3, -0.25) is 38.4 Å². The van der Waals surface area contributed by atoms with Crippen molar-refractivity contribution in [1.29, 1.82) is 0 Å². The van der Waals surface area contributed by atoms with Gasteiger partial charge in [-0.05, 0) is 54.9 Å². The smallest absolute Gasteiger partial charge is 0.226 e. The van der Waals surface area contributed by atoms with Crippen LogP contribution in [0.3, 0.4) is 0 Å². The highest BCUT2D eigenvalue weighted by molar-refractivity contribution is 5.97. The minimum atomic E-state index is -0.615. The summed E-state index contributed by atoms with van der Waals surface area (Å²) in [6.07, 6.45) is 2.11. The highest BCUT2D eigenvalue weighted by Crippen LogP contribution is 2.26. The summed E-state index contributed by atoms with van der Waals surface area (Å²) in [7, 11) is 1.56. The van der Waals surface area contributed by atoms with Crippen LogP contribution in [0.1, 0.15) is 71.2 Å². The molecule has 378 valence electrons. The predicted octanol–water partition coefficient (Wildman–Crippen LogP) is -1.60. The molecule has 1 aromatic carbocycles. The molecule has 0 aromatic heterocycles. The molecule has 0 bridgehead atoms. The van der Waals surface area contributed by atoms with Crippen LogP contribution in [0.25, 0.3) is 0 Å².